The van der Waals surface area contributed by atoms with Crippen LogP contribution in [-0.4, -0.2) is 25.1 Å². The maximum absolute atomic E-state index is 12.3. The van der Waals surface area contributed by atoms with Crippen LogP contribution in [-0.2, 0) is 6.54 Å². The summed E-state index contributed by atoms with van der Waals surface area (Å²) in [6.07, 6.45) is 0. The highest BCUT2D eigenvalue weighted by molar-refractivity contribution is 6.32. The van der Waals surface area contributed by atoms with E-state index in [0.717, 1.165) is 11.3 Å². The van der Waals surface area contributed by atoms with E-state index in [4.69, 9.17) is 21.1 Å². The molecule has 0 saturated carbocycles. The summed E-state index contributed by atoms with van der Waals surface area (Å²) < 4.78 is 10.3. The summed E-state index contributed by atoms with van der Waals surface area (Å²) in [5, 5.41) is 2.99. The van der Waals surface area contributed by atoms with E-state index in [0.29, 0.717) is 22.6 Å². The molecular weight excluding hydrogens is 332 g/mol. The predicted molar refractivity (Wildman–Crippen MR) is 92.3 cm³/mol. The zero-order valence-corrected chi connectivity index (χ0v) is 14.7. The molecule has 0 saturated heterocycles. The van der Waals surface area contributed by atoms with Crippen LogP contribution in [0.2, 0.25) is 5.02 Å². The number of H-pyrrole nitrogens is 1. The molecule has 6 nitrogen and oxygen atoms in total. The number of pyridine rings is 1. The summed E-state index contributed by atoms with van der Waals surface area (Å²) in [5.41, 5.74) is 2.22. The third-order valence-corrected chi connectivity index (χ3v) is 3.90. The molecule has 2 N–H and O–H groups in total. The van der Waals surface area contributed by atoms with Gasteiger partial charge in [0.05, 0.1) is 19.2 Å². The summed E-state index contributed by atoms with van der Waals surface area (Å²) in [6, 6.07) is 4.88. The molecule has 1 aromatic carbocycles. The molecule has 0 aliphatic heterocycles. The van der Waals surface area contributed by atoms with Crippen LogP contribution in [0.4, 0.5) is 0 Å². The predicted octanol–water partition coefficient (Wildman–Crippen LogP) is 2.59. The summed E-state index contributed by atoms with van der Waals surface area (Å²) in [7, 11) is 2.93. The number of carbonyl (C=O) groups is 1. The SMILES string of the molecule is COc1cc(C(=O)NCc2c(C)cc(C)[nH]c2=O)cc(Cl)c1OC. The van der Waals surface area contributed by atoms with Gasteiger partial charge in [0.1, 0.15) is 0 Å². The van der Waals surface area contributed by atoms with Gasteiger partial charge in [-0.25, -0.2) is 0 Å². The maximum Gasteiger partial charge on any atom is 0.253 e. The maximum atomic E-state index is 12.3. The first-order chi connectivity index (χ1) is 11.4. The first-order valence-corrected chi connectivity index (χ1v) is 7.64. The Balaban J connectivity index is 2.22. The first kappa shape index (κ1) is 17.9. The molecule has 1 aromatic heterocycles. The van der Waals surface area contributed by atoms with Crippen LogP contribution in [0.5, 0.6) is 11.5 Å². The van der Waals surface area contributed by atoms with Crippen molar-refractivity contribution in [3.63, 3.8) is 0 Å². The molecule has 0 unspecified atom stereocenters. The number of benzene rings is 1. The van der Waals surface area contributed by atoms with E-state index in [1.54, 1.807) is 0 Å². The molecule has 0 aliphatic carbocycles. The summed E-state index contributed by atoms with van der Waals surface area (Å²) in [5.74, 6) is 0.360. The fraction of sp³-hybridized carbons (Fsp3) is 0.294. The molecule has 24 heavy (non-hydrogen) atoms. The van der Waals surface area contributed by atoms with Crippen molar-refractivity contribution in [3.8, 4) is 11.5 Å². The number of aryl methyl sites for hydroxylation is 2. The van der Waals surface area contributed by atoms with Crippen LogP contribution in [0.15, 0.2) is 23.0 Å². The highest BCUT2D eigenvalue weighted by Gasteiger charge is 2.16. The number of hydrogen-bond donors (Lipinski definition) is 2. The lowest BCUT2D eigenvalue weighted by molar-refractivity contribution is 0.0950. The standard InChI is InChI=1S/C17H19ClN2O4/c1-9-5-10(2)20-17(22)12(9)8-19-16(21)11-6-13(18)15(24-4)14(7-11)23-3/h5-7H,8H2,1-4H3,(H,19,21)(H,20,22). The Bertz CT molecular complexity index is 830. The number of aromatic nitrogens is 1. The molecular formula is C17H19ClN2O4. The van der Waals surface area contributed by atoms with Crippen molar-refractivity contribution in [2.75, 3.05) is 14.2 Å². The quantitative estimate of drug-likeness (QED) is 0.868. The van der Waals surface area contributed by atoms with Crippen molar-refractivity contribution in [1.82, 2.24) is 10.3 Å². The highest BCUT2D eigenvalue weighted by atomic mass is 35.5. The second-order valence-electron chi connectivity index (χ2n) is 5.32. The minimum Gasteiger partial charge on any atom is -0.493 e. The topological polar surface area (TPSA) is 80.4 Å². The van der Waals surface area contributed by atoms with Crippen LogP contribution >= 0.6 is 11.6 Å². The molecule has 0 atom stereocenters. The van der Waals surface area contributed by atoms with Crippen LogP contribution in [0.25, 0.3) is 0 Å². The zero-order valence-electron chi connectivity index (χ0n) is 14.0. The van der Waals surface area contributed by atoms with Gasteiger partial charge < -0.3 is 19.8 Å². The minimum absolute atomic E-state index is 0.117. The number of methoxy groups -OCH3 is 2. The van der Waals surface area contributed by atoms with Crippen molar-refractivity contribution in [2.24, 2.45) is 0 Å². The minimum atomic E-state index is -0.364. The van der Waals surface area contributed by atoms with Crippen molar-refractivity contribution < 1.29 is 14.3 Å². The van der Waals surface area contributed by atoms with Gasteiger partial charge in [-0.05, 0) is 37.6 Å². The number of ether oxygens (including phenoxy) is 2. The average molecular weight is 351 g/mol. The molecule has 0 spiro atoms. The Morgan fingerprint density at radius 3 is 2.50 bits per heavy atom. The first-order valence-electron chi connectivity index (χ1n) is 7.26. The van der Waals surface area contributed by atoms with Gasteiger partial charge in [0, 0.05) is 23.4 Å². The van der Waals surface area contributed by atoms with E-state index in [-0.39, 0.29) is 23.0 Å². The lowest BCUT2D eigenvalue weighted by atomic mass is 10.1. The summed E-state index contributed by atoms with van der Waals surface area (Å²) in [4.78, 5) is 27.1. The Morgan fingerprint density at radius 1 is 1.21 bits per heavy atom. The van der Waals surface area contributed by atoms with Gasteiger partial charge in [-0.3, -0.25) is 9.59 Å². The molecule has 2 aromatic rings. The van der Waals surface area contributed by atoms with Crippen LogP contribution in [0, 0.1) is 13.8 Å². The van der Waals surface area contributed by atoms with Gasteiger partial charge >= 0.3 is 0 Å². The number of hydrogen-bond acceptors (Lipinski definition) is 4. The van der Waals surface area contributed by atoms with E-state index in [2.05, 4.69) is 10.3 Å². The smallest absolute Gasteiger partial charge is 0.253 e. The monoisotopic (exact) mass is 350 g/mol. The van der Waals surface area contributed by atoms with Crippen molar-refractivity contribution in [1.29, 1.82) is 0 Å². The number of nitrogens with one attached hydrogen (secondary N) is 2. The number of amides is 1. The second-order valence-corrected chi connectivity index (χ2v) is 5.73. The fourth-order valence-corrected chi connectivity index (χ4v) is 2.71. The van der Waals surface area contributed by atoms with Gasteiger partial charge in [-0.1, -0.05) is 11.6 Å². The summed E-state index contributed by atoms with van der Waals surface area (Å²) in [6.45, 7) is 3.76. The largest absolute Gasteiger partial charge is 0.493 e. The zero-order chi connectivity index (χ0) is 17.9. The lowest BCUT2D eigenvalue weighted by Crippen LogP contribution is -2.28. The third kappa shape index (κ3) is 3.71. The number of halogens is 1. The highest BCUT2D eigenvalue weighted by Crippen LogP contribution is 2.35. The number of aromatic amines is 1. The molecule has 0 bridgehead atoms. The molecule has 1 amide bonds. The van der Waals surface area contributed by atoms with Gasteiger partial charge in [-0.2, -0.15) is 0 Å². The number of rotatable bonds is 5. The molecule has 0 aliphatic rings. The molecule has 7 heteroatoms. The lowest BCUT2D eigenvalue weighted by Gasteiger charge is -2.12. The van der Waals surface area contributed by atoms with E-state index in [1.165, 1.54) is 26.4 Å². The van der Waals surface area contributed by atoms with Crippen molar-refractivity contribution >= 4 is 17.5 Å². The Hall–Kier alpha value is -2.47. The molecule has 0 fully saturated rings. The van der Waals surface area contributed by atoms with Crippen LogP contribution in [0.1, 0.15) is 27.2 Å². The average Bonchev–Trinajstić information content (AvgIpc) is 2.52. The van der Waals surface area contributed by atoms with E-state index in [1.807, 2.05) is 19.9 Å². The molecule has 128 valence electrons. The van der Waals surface area contributed by atoms with E-state index >= 15 is 0 Å². The fourth-order valence-electron chi connectivity index (χ4n) is 2.42. The van der Waals surface area contributed by atoms with E-state index in [9.17, 15) is 9.59 Å². The van der Waals surface area contributed by atoms with Crippen molar-refractivity contribution in [2.45, 2.75) is 20.4 Å². The van der Waals surface area contributed by atoms with Gasteiger partial charge in [0.25, 0.3) is 11.5 Å². The Labute approximate surface area is 144 Å². The van der Waals surface area contributed by atoms with Gasteiger partial charge in [0.15, 0.2) is 11.5 Å². The molecule has 1 heterocycles. The Kier molecular flexibility index (Phi) is 5.51. The summed E-state index contributed by atoms with van der Waals surface area (Å²) >= 11 is 6.10. The number of carbonyl (C=O) groups excluding carboxylic acids is 1. The molecule has 2 rings (SSSR count). The van der Waals surface area contributed by atoms with Crippen molar-refractivity contribution in [3.05, 3.63) is 56.0 Å². The third-order valence-electron chi connectivity index (χ3n) is 3.62. The van der Waals surface area contributed by atoms with Crippen LogP contribution in [0.3, 0.4) is 0 Å². The normalized spacial score (nSPS) is 10.4. The second kappa shape index (κ2) is 7.40. The van der Waals surface area contributed by atoms with Gasteiger partial charge in [0.2, 0.25) is 0 Å². The van der Waals surface area contributed by atoms with Crippen LogP contribution < -0.4 is 20.3 Å². The van der Waals surface area contributed by atoms with Gasteiger partial charge in [-0.15, -0.1) is 0 Å². The van der Waals surface area contributed by atoms with E-state index < -0.39 is 0 Å². The Morgan fingerprint density at radius 2 is 1.92 bits per heavy atom. The molecule has 0 radical (unpaired) electrons.